The van der Waals surface area contributed by atoms with Crippen LogP contribution in [0.4, 0.5) is 105 Å². The van der Waals surface area contributed by atoms with Gasteiger partial charge in [0.2, 0.25) is 0 Å². The Labute approximate surface area is 702 Å². The maximum atomic E-state index is 14.2. The van der Waals surface area contributed by atoms with Gasteiger partial charge in [0.05, 0.1) is 44.5 Å². The molecule has 0 nitrogen and oxygen atoms in total. The molecule has 3 radical (unpaired) electrons. The third-order valence-corrected chi connectivity index (χ3v) is 38.5. The van der Waals surface area contributed by atoms with Crippen LogP contribution in [0.25, 0.3) is 0 Å². The van der Waals surface area contributed by atoms with Gasteiger partial charge in [-0.15, -0.1) is 0 Å². The van der Waals surface area contributed by atoms with E-state index in [0.717, 1.165) is 5.92 Å². The molecule has 13 aromatic rings. The van der Waals surface area contributed by atoms with Crippen LogP contribution >= 0.6 is 0 Å². The summed E-state index contributed by atoms with van der Waals surface area (Å²) in [5, 5.41) is 0. The second-order valence-electron chi connectivity index (χ2n) is 26.2. The Hall–Kier alpha value is -8.81. The summed E-state index contributed by atoms with van der Waals surface area (Å²) in [6, 6.07) is 89.8. The molecule has 13 aromatic carbocycles. The standard InChI is InChI=1S/C32H12BF24.9C6H5.C4H7.Ni.3Sb/c34-25(35,36)13-1-14(26(37,38)39)6-21(5-13)33(22-7-15(27(40,41)42)2-16(8-22)28(43,44)45,23-9-17(29(46,47)48)3-18(10-23)30(49,50)51)24-11-19(31(52,53)54)4-20(12-24)32(55,56)57;9*1-2-4-6-5-3-1;1-4(2)3;;;;/h1-12H;9*1-5H;1-2H2,3H3;;;;/q-1;;;;;;;;;;;+2;;;. The van der Waals surface area contributed by atoms with Crippen molar-refractivity contribution >= 4 is 120 Å². The fourth-order valence-electron chi connectivity index (χ4n) is 12.6. The molecule has 0 aliphatic carbocycles. The molecule has 0 aromatic heterocycles. The van der Waals surface area contributed by atoms with Crippen molar-refractivity contribution in [3.63, 3.8) is 0 Å². The Balaban J connectivity index is 0.000000227. The van der Waals surface area contributed by atoms with E-state index in [4.69, 9.17) is 0 Å². The summed E-state index contributed by atoms with van der Waals surface area (Å²) in [7, 11) is 0. The zero-order chi connectivity index (χ0) is 86.2. The summed E-state index contributed by atoms with van der Waals surface area (Å²) in [6.07, 6.45) is -54.8. The van der Waals surface area contributed by atoms with E-state index in [1.807, 2.05) is 6.92 Å². The molecule has 0 amide bonds. The Morgan fingerprint density at radius 1 is 0.193 bits per heavy atom. The summed E-state index contributed by atoms with van der Waals surface area (Å²) in [5.74, 6) is 0.917. The van der Waals surface area contributed by atoms with Gasteiger partial charge in [0, 0.05) is 0 Å². The second-order valence-corrected chi connectivity index (χ2v) is 45.2. The van der Waals surface area contributed by atoms with Crippen molar-refractivity contribution in [2.75, 3.05) is 0 Å². The third-order valence-electron chi connectivity index (χ3n) is 17.6. The molecule has 0 atom stereocenters. The zero-order valence-corrected chi connectivity index (χ0v) is 70.3. The Morgan fingerprint density at radius 3 is 0.370 bits per heavy atom. The van der Waals surface area contributed by atoms with Gasteiger partial charge in [0.15, 0.2) is 0 Å². The van der Waals surface area contributed by atoms with Gasteiger partial charge in [-0.05, 0) is 44.0 Å². The molecule has 29 heteroatoms. The molecule has 0 saturated carbocycles. The van der Waals surface area contributed by atoms with Crippen LogP contribution < -0.4 is 53.4 Å². The third kappa shape index (κ3) is 26.1. The van der Waals surface area contributed by atoms with E-state index in [1.54, 1.807) is 0 Å². The van der Waals surface area contributed by atoms with Crippen molar-refractivity contribution in [3.05, 3.63) is 410 Å². The van der Waals surface area contributed by atoms with Crippen LogP contribution in [0.3, 0.4) is 0 Å². The molecular formula is C90H64BF24NiSb3+. The molecule has 13 rings (SSSR count). The molecule has 0 aliphatic heterocycles. The van der Waals surface area contributed by atoms with Gasteiger partial charge >= 0.3 is 431 Å². The number of halogens is 24. The number of hydrogen-bond acceptors (Lipinski definition) is 0. The maximum absolute atomic E-state index is 14.2. The SMILES string of the molecule is FC(F)(F)c1cc([B-](c2cc(C(F)(F)F)cc(C(F)(F)F)c2)(c2cc(C(F)(F)F)cc(C(F)(F)F)c2)c2cc(C(F)(F)F)cc(C(F)(F)F)c2)cc(C(F)(F)F)c1.[CH2][C]([CH2])C.[Ni+2].c1cc[c]([Sb]([c]2ccccc2)[c]2ccccc2)cc1.c1cc[c]([Sb]([c]2ccccc2)[c]2ccccc2)cc1.c1cc[c]([Sb]([c]2ccccc2)[c]2ccccc2)cc1. The Kier molecular flexibility index (Phi) is 32.7. The van der Waals surface area contributed by atoms with E-state index in [9.17, 15) is 105 Å². The van der Waals surface area contributed by atoms with Crippen molar-refractivity contribution < 1.29 is 122 Å². The van der Waals surface area contributed by atoms with Gasteiger partial charge in [0.1, 0.15) is 6.15 Å². The summed E-state index contributed by atoms with van der Waals surface area (Å²) in [5.41, 5.74) is -30.2. The molecule has 0 aliphatic rings. The van der Waals surface area contributed by atoms with Gasteiger partial charge in [-0.25, -0.2) is 0 Å². The average Bonchev–Trinajstić information content (AvgIpc) is 0.706. The molecule has 0 fully saturated rings. The number of rotatable bonds is 13. The normalized spacial score (nSPS) is 12.2. The summed E-state index contributed by atoms with van der Waals surface area (Å²) in [6.45, 7) is 8.75. The van der Waals surface area contributed by atoms with Crippen LogP contribution in [0.15, 0.2) is 346 Å². The molecule has 0 unspecified atom stereocenters. The Morgan fingerprint density at radius 2 is 0.286 bits per heavy atom. The first kappa shape index (κ1) is 95.7. The van der Waals surface area contributed by atoms with Crippen molar-refractivity contribution in [1.82, 2.24) is 0 Å². The summed E-state index contributed by atoms with van der Waals surface area (Å²) >= 11 is -5.48. The van der Waals surface area contributed by atoms with Gasteiger partial charge in [-0.3, -0.25) is 0 Å². The van der Waals surface area contributed by atoms with Gasteiger partial charge < -0.3 is 0 Å². The molecule has 0 bridgehead atoms. The van der Waals surface area contributed by atoms with Crippen molar-refractivity contribution in [3.8, 4) is 0 Å². The number of benzene rings is 13. The minimum absolute atomic E-state index is 0. The summed E-state index contributed by atoms with van der Waals surface area (Å²) in [4.78, 5) is 0. The number of hydrogen-bond donors (Lipinski definition) is 0. The van der Waals surface area contributed by atoms with E-state index in [-0.39, 0.29) is 16.5 Å². The first-order valence-corrected chi connectivity index (χ1v) is 46.5. The molecule has 0 saturated heterocycles. The van der Waals surface area contributed by atoms with Crippen molar-refractivity contribution in [2.45, 2.75) is 56.3 Å². The molecule has 0 spiro atoms. The van der Waals surface area contributed by atoms with Crippen LogP contribution in [0.2, 0.25) is 0 Å². The quantitative estimate of drug-likeness (QED) is 0.0797. The zero-order valence-electron chi connectivity index (χ0n) is 61.6. The fourth-order valence-corrected chi connectivity index (χ4v) is 32.3. The molecule has 619 valence electrons. The van der Waals surface area contributed by atoms with E-state index < -0.39 is 255 Å². The molecule has 0 heterocycles. The summed E-state index contributed by atoms with van der Waals surface area (Å²) < 4.78 is 354. The van der Waals surface area contributed by atoms with Crippen LogP contribution in [-0.4, -0.2) is 66.8 Å². The monoisotopic (exact) mass is 2030 g/mol. The first-order chi connectivity index (χ1) is 55.3. The van der Waals surface area contributed by atoms with Crippen molar-refractivity contribution in [2.24, 2.45) is 0 Å². The average molecular weight is 2040 g/mol. The van der Waals surface area contributed by atoms with Crippen LogP contribution in [0.1, 0.15) is 51.4 Å². The Bertz CT molecular complexity index is 4300. The van der Waals surface area contributed by atoms with E-state index in [2.05, 4.69) is 287 Å². The van der Waals surface area contributed by atoms with Crippen LogP contribution in [0.5, 0.6) is 0 Å². The number of alkyl halides is 24. The van der Waals surface area contributed by atoms with E-state index >= 15 is 0 Å². The van der Waals surface area contributed by atoms with E-state index in [0.29, 0.717) is 0 Å². The molecule has 0 N–H and O–H groups in total. The molecule has 119 heavy (non-hydrogen) atoms. The van der Waals surface area contributed by atoms with Gasteiger partial charge in [-0.2, -0.15) is 127 Å². The van der Waals surface area contributed by atoms with Crippen LogP contribution in [0, 0.1) is 19.8 Å². The van der Waals surface area contributed by atoms with E-state index in [1.165, 1.54) is 31.6 Å². The fraction of sp³-hybridized carbons (Fsp3) is 0.100. The topological polar surface area (TPSA) is 0 Å². The molecular weight excluding hydrogens is 1970 g/mol. The minimum atomic E-state index is -6.13. The predicted molar refractivity (Wildman–Crippen MR) is 422 cm³/mol. The van der Waals surface area contributed by atoms with Gasteiger partial charge in [-0.1, -0.05) is 55.5 Å². The first-order valence-electron chi connectivity index (χ1n) is 35.0. The van der Waals surface area contributed by atoms with Gasteiger partial charge in [0.25, 0.3) is 0 Å². The van der Waals surface area contributed by atoms with Crippen molar-refractivity contribution in [1.29, 1.82) is 0 Å². The second kappa shape index (κ2) is 40.7. The van der Waals surface area contributed by atoms with Crippen LogP contribution in [-0.2, 0) is 65.9 Å². The predicted octanol–water partition coefficient (Wildman–Crippen LogP) is 19.1.